The first-order valence-corrected chi connectivity index (χ1v) is 7.58. The molecule has 1 amide bonds. The van der Waals surface area contributed by atoms with E-state index in [9.17, 15) is 18.7 Å². The van der Waals surface area contributed by atoms with E-state index in [0.717, 1.165) is 19.3 Å². The maximum absolute atomic E-state index is 12.1. The summed E-state index contributed by atoms with van der Waals surface area (Å²) in [6.45, 7) is 0. The average molecular weight is 305 g/mol. The average Bonchev–Trinajstić information content (AvgIpc) is 2.88. The molecular formula is C13H17F2NO3S. The number of aliphatic hydroxyl groups excluding tert-OH is 1. The molecule has 0 unspecified atom stereocenters. The van der Waals surface area contributed by atoms with Crippen LogP contribution in [0.2, 0.25) is 0 Å². The van der Waals surface area contributed by atoms with Crippen LogP contribution in [0.25, 0.3) is 0 Å². The SMILES string of the molecule is O=C(N[C@H]1CCCC[C@@H]1O)c1ccc(CSC(F)F)o1. The van der Waals surface area contributed by atoms with Crippen molar-refractivity contribution in [3.63, 3.8) is 0 Å². The van der Waals surface area contributed by atoms with Gasteiger partial charge in [-0.2, -0.15) is 8.78 Å². The Labute approximate surface area is 119 Å². The molecule has 2 rings (SSSR count). The third-order valence-electron chi connectivity index (χ3n) is 3.28. The lowest BCUT2D eigenvalue weighted by Crippen LogP contribution is -2.44. The zero-order valence-electron chi connectivity index (χ0n) is 10.9. The molecule has 1 aliphatic carbocycles. The summed E-state index contributed by atoms with van der Waals surface area (Å²) in [5, 5.41) is 12.5. The van der Waals surface area contributed by atoms with Crippen molar-refractivity contribution in [2.24, 2.45) is 0 Å². The van der Waals surface area contributed by atoms with Crippen molar-refractivity contribution in [1.82, 2.24) is 5.32 Å². The molecule has 1 aromatic heterocycles. The van der Waals surface area contributed by atoms with Crippen molar-refractivity contribution < 1.29 is 23.1 Å². The highest BCUT2D eigenvalue weighted by molar-refractivity contribution is 7.98. The van der Waals surface area contributed by atoms with Crippen molar-refractivity contribution in [1.29, 1.82) is 0 Å². The molecule has 0 aromatic carbocycles. The maximum atomic E-state index is 12.1. The van der Waals surface area contributed by atoms with Gasteiger partial charge in [-0.05, 0) is 25.0 Å². The third-order valence-corrected chi connectivity index (χ3v) is 3.99. The van der Waals surface area contributed by atoms with E-state index in [0.29, 0.717) is 23.9 Å². The first-order chi connectivity index (χ1) is 9.56. The summed E-state index contributed by atoms with van der Waals surface area (Å²) in [7, 11) is 0. The summed E-state index contributed by atoms with van der Waals surface area (Å²) in [4.78, 5) is 11.9. The Morgan fingerprint density at radius 1 is 1.45 bits per heavy atom. The number of amides is 1. The zero-order valence-corrected chi connectivity index (χ0v) is 11.7. The first-order valence-electron chi connectivity index (χ1n) is 6.53. The van der Waals surface area contributed by atoms with Gasteiger partial charge in [0.2, 0.25) is 0 Å². The molecule has 2 atom stereocenters. The fourth-order valence-electron chi connectivity index (χ4n) is 2.24. The predicted molar refractivity (Wildman–Crippen MR) is 71.7 cm³/mol. The molecule has 1 fully saturated rings. The molecule has 0 bridgehead atoms. The quantitative estimate of drug-likeness (QED) is 0.878. The van der Waals surface area contributed by atoms with Crippen molar-refractivity contribution in [2.75, 3.05) is 0 Å². The van der Waals surface area contributed by atoms with E-state index in [1.54, 1.807) is 0 Å². The number of thioether (sulfide) groups is 1. The smallest absolute Gasteiger partial charge is 0.287 e. The maximum Gasteiger partial charge on any atom is 0.287 e. The van der Waals surface area contributed by atoms with Crippen LogP contribution >= 0.6 is 11.8 Å². The Kier molecular flexibility index (Phi) is 5.42. The van der Waals surface area contributed by atoms with E-state index in [1.807, 2.05) is 0 Å². The summed E-state index contributed by atoms with van der Waals surface area (Å²) in [5.74, 6) is -2.42. The number of furan rings is 1. The van der Waals surface area contributed by atoms with E-state index >= 15 is 0 Å². The van der Waals surface area contributed by atoms with Gasteiger partial charge in [-0.1, -0.05) is 24.6 Å². The van der Waals surface area contributed by atoms with E-state index in [2.05, 4.69) is 5.32 Å². The number of carbonyl (C=O) groups excluding carboxylic acids is 1. The van der Waals surface area contributed by atoms with Crippen LogP contribution in [-0.2, 0) is 5.75 Å². The summed E-state index contributed by atoms with van der Waals surface area (Å²) < 4.78 is 29.3. The Bertz CT molecular complexity index is 453. The Morgan fingerprint density at radius 2 is 2.20 bits per heavy atom. The summed E-state index contributed by atoms with van der Waals surface area (Å²) in [6.07, 6.45) is 2.82. The summed E-state index contributed by atoms with van der Waals surface area (Å²) in [5.41, 5.74) is 0. The van der Waals surface area contributed by atoms with Gasteiger partial charge < -0.3 is 14.8 Å². The van der Waals surface area contributed by atoms with Crippen molar-refractivity contribution in [2.45, 2.75) is 49.3 Å². The second-order valence-electron chi connectivity index (χ2n) is 4.77. The van der Waals surface area contributed by atoms with Crippen LogP contribution in [-0.4, -0.2) is 28.9 Å². The number of hydrogen-bond acceptors (Lipinski definition) is 4. The fraction of sp³-hybridized carbons (Fsp3) is 0.615. The third kappa shape index (κ3) is 4.21. The van der Waals surface area contributed by atoms with Gasteiger partial charge in [0.25, 0.3) is 11.7 Å². The number of rotatable bonds is 5. The van der Waals surface area contributed by atoms with E-state index in [-0.39, 0.29) is 17.6 Å². The normalized spacial score (nSPS) is 23.0. The number of hydrogen-bond donors (Lipinski definition) is 2. The molecule has 4 nitrogen and oxygen atoms in total. The summed E-state index contributed by atoms with van der Waals surface area (Å²) in [6, 6.07) is 2.72. The van der Waals surface area contributed by atoms with E-state index in [1.165, 1.54) is 12.1 Å². The van der Waals surface area contributed by atoms with Crippen LogP contribution in [0.5, 0.6) is 0 Å². The van der Waals surface area contributed by atoms with Crippen LogP contribution in [0.15, 0.2) is 16.5 Å². The lowest BCUT2D eigenvalue weighted by Gasteiger charge is -2.27. The number of aliphatic hydroxyl groups is 1. The van der Waals surface area contributed by atoms with Crippen molar-refractivity contribution in [3.8, 4) is 0 Å². The molecule has 1 aromatic rings. The van der Waals surface area contributed by atoms with E-state index in [4.69, 9.17) is 4.42 Å². The minimum atomic E-state index is -2.46. The van der Waals surface area contributed by atoms with Crippen LogP contribution in [0.1, 0.15) is 42.0 Å². The first kappa shape index (κ1) is 15.3. The second-order valence-corrected chi connectivity index (χ2v) is 5.75. The van der Waals surface area contributed by atoms with Crippen molar-refractivity contribution in [3.05, 3.63) is 23.7 Å². The molecule has 1 aliphatic rings. The van der Waals surface area contributed by atoms with Gasteiger partial charge in [0.05, 0.1) is 17.9 Å². The van der Waals surface area contributed by atoms with E-state index < -0.39 is 17.8 Å². The lowest BCUT2D eigenvalue weighted by molar-refractivity contribution is 0.0697. The largest absolute Gasteiger partial charge is 0.455 e. The number of carbonyl (C=O) groups is 1. The Balaban J connectivity index is 1.88. The summed E-state index contributed by atoms with van der Waals surface area (Å²) >= 11 is 0.447. The van der Waals surface area contributed by atoms with Gasteiger partial charge >= 0.3 is 0 Å². The molecule has 112 valence electrons. The molecule has 7 heteroatoms. The molecule has 0 radical (unpaired) electrons. The molecule has 0 spiro atoms. The molecule has 20 heavy (non-hydrogen) atoms. The number of nitrogens with one attached hydrogen (secondary N) is 1. The van der Waals surface area contributed by atoms with Gasteiger partial charge in [-0.15, -0.1) is 0 Å². The molecule has 0 aliphatic heterocycles. The molecular weight excluding hydrogens is 288 g/mol. The van der Waals surface area contributed by atoms with Crippen LogP contribution in [0.3, 0.4) is 0 Å². The van der Waals surface area contributed by atoms with Crippen LogP contribution in [0, 0.1) is 0 Å². The fourth-order valence-corrected chi connectivity index (χ4v) is 2.69. The van der Waals surface area contributed by atoms with Crippen molar-refractivity contribution >= 4 is 17.7 Å². The predicted octanol–water partition coefficient (Wildman–Crippen LogP) is 2.77. The number of halogens is 2. The highest BCUT2D eigenvalue weighted by Crippen LogP contribution is 2.22. The standard InChI is InChI=1S/C13H17F2NO3S/c14-13(15)20-7-8-5-6-11(19-8)12(18)16-9-3-1-2-4-10(9)17/h5-6,9-10,13,17H,1-4,7H2,(H,16,18)/t9-,10-/m0/s1. The van der Waals surface area contributed by atoms with Crippen LogP contribution < -0.4 is 5.32 Å². The second kappa shape index (κ2) is 7.08. The molecule has 0 saturated heterocycles. The van der Waals surface area contributed by atoms with Gasteiger partial charge in [0, 0.05) is 0 Å². The highest BCUT2D eigenvalue weighted by atomic mass is 32.2. The monoisotopic (exact) mass is 305 g/mol. The lowest BCUT2D eigenvalue weighted by atomic mass is 9.92. The minimum Gasteiger partial charge on any atom is -0.455 e. The number of alkyl halides is 2. The zero-order chi connectivity index (χ0) is 14.5. The van der Waals surface area contributed by atoms with Gasteiger partial charge in [0.1, 0.15) is 5.76 Å². The van der Waals surface area contributed by atoms with Gasteiger partial charge in [-0.25, -0.2) is 0 Å². The van der Waals surface area contributed by atoms with Gasteiger partial charge in [0.15, 0.2) is 5.76 Å². The highest BCUT2D eigenvalue weighted by Gasteiger charge is 2.25. The molecule has 1 saturated carbocycles. The molecule has 1 heterocycles. The Morgan fingerprint density at radius 3 is 2.90 bits per heavy atom. The topological polar surface area (TPSA) is 62.5 Å². The Hall–Kier alpha value is -1.08. The molecule has 2 N–H and O–H groups in total. The van der Waals surface area contributed by atoms with Crippen LogP contribution in [0.4, 0.5) is 8.78 Å². The minimum absolute atomic E-state index is 0.0248. The van der Waals surface area contributed by atoms with Gasteiger partial charge in [-0.3, -0.25) is 4.79 Å².